The average molecular weight is 527 g/mol. The predicted octanol–water partition coefficient (Wildman–Crippen LogP) is 6.96. The van der Waals surface area contributed by atoms with Crippen LogP contribution in [0.2, 0.25) is 0 Å². The van der Waals surface area contributed by atoms with Gasteiger partial charge in [0.2, 0.25) is 0 Å². The average Bonchev–Trinajstić information content (AvgIpc) is 2.94. The molecule has 0 bridgehead atoms. The molecule has 2 aromatic rings. The Kier molecular flexibility index (Phi) is 13.8. The van der Waals surface area contributed by atoms with Gasteiger partial charge in [0, 0.05) is 29.0 Å². The zero-order valence-corrected chi connectivity index (χ0v) is 23.0. The zero-order valence-electron chi connectivity index (χ0n) is 23.0. The molecular weight excluding hydrogens is 484 g/mol. The fourth-order valence-electron chi connectivity index (χ4n) is 4.09. The Morgan fingerprint density at radius 3 is 1.82 bits per heavy atom. The lowest BCUT2D eigenvalue weighted by molar-refractivity contribution is -0.145. The second-order valence-electron chi connectivity index (χ2n) is 9.09. The summed E-state index contributed by atoms with van der Waals surface area (Å²) in [5, 5.41) is 1.63. The molecule has 2 aromatic carbocycles. The van der Waals surface area contributed by atoms with E-state index in [0.29, 0.717) is 30.1 Å². The molecule has 0 aliphatic rings. The third-order valence-electron chi connectivity index (χ3n) is 6.14. The zero-order chi connectivity index (χ0) is 27.8. The van der Waals surface area contributed by atoms with Gasteiger partial charge in [-0.25, -0.2) is 9.59 Å². The van der Waals surface area contributed by atoms with Gasteiger partial charge in [0.15, 0.2) is 11.5 Å². The summed E-state index contributed by atoms with van der Waals surface area (Å²) >= 11 is 0. The molecule has 0 heterocycles. The van der Waals surface area contributed by atoms with E-state index in [9.17, 15) is 9.59 Å². The van der Waals surface area contributed by atoms with Crippen LogP contribution >= 0.6 is 0 Å². The van der Waals surface area contributed by atoms with Gasteiger partial charge in [-0.15, -0.1) is 0 Å². The van der Waals surface area contributed by atoms with Gasteiger partial charge in [-0.05, 0) is 25.7 Å². The van der Waals surface area contributed by atoms with Crippen LogP contribution in [0.5, 0.6) is 17.2 Å². The number of fused-ring (bicyclic) bond motifs is 1. The summed E-state index contributed by atoms with van der Waals surface area (Å²) < 4.78 is 29.1. The number of carbonyl (C=O) groups excluding carboxylic acids is 2. The monoisotopic (exact) mass is 526 g/mol. The number of esters is 2. The molecule has 2 rings (SSSR count). The maximum absolute atomic E-state index is 11.9. The van der Waals surface area contributed by atoms with E-state index in [4.69, 9.17) is 23.7 Å². The van der Waals surface area contributed by atoms with Crippen molar-refractivity contribution in [2.45, 2.75) is 77.4 Å². The molecule has 0 aliphatic carbocycles. The summed E-state index contributed by atoms with van der Waals surface area (Å²) in [6.07, 6.45) is 9.01. The number of unbranched alkanes of at least 4 members (excludes halogenated alkanes) is 4. The van der Waals surface area contributed by atoms with Crippen molar-refractivity contribution in [3.63, 3.8) is 0 Å². The van der Waals surface area contributed by atoms with E-state index in [1.165, 1.54) is 6.08 Å². The molecule has 2 unspecified atom stereocenters. The summed E-state index contributed by atoms with van der Waals surface area (Å²) in [4.78, 5) is 23.7. The molecule has 0 saturated carbocycles. The number of carbonyl (C=O) groups is 2. The van der Waals surface area contributed by atoms with Crippen LogP contribution < -0.4 is 14.2 Å². The highest BCUT2D eigenvalue weighted by Crippen LogP contribution is 2.42. The number of methoxy groups -OCH3 is 1. The maximum Gasteiger partial charge on any atom is 0.330 e. The van der Waals surface area contributed by atoms with Gasteiger partial charge in [0.25, 0.3) is 0 Å². The minimum atomic E-state index is -0.471. The molecule has 7 heteroatoms. The van der Waals surface area contributed by atoms with E-state index in [-0.39, 0.29) is 13.2 Å². The number of rotatable bonds is 19. The fraction of sp³-hybridized carbons (Fsp3) is 0.484. The van der Waals surface area contributed by atoms with Crippen molar-refractivity contribution < 1.29 is 33.3 Å². The van der Waals surface area contributed by atoms with E-state index in [1.807, 2.05) is 24.3 Å². The Labute approximate surface area is 226 Å². The number of hydrogen-bond acceptors (Lipinski definition) is 7. The minimum absolute atomic E-state index is 0.181. The molecule has 208 valence electrons. The molecular formula is C31H42O7. The van der Waals surface area contributed by atoms with Crippen molar-refractivity contribution in [3.05, 3.63) is 55.6 Å². The van der Waals surface area contributed by atoms with Crippen molar-refractivity contribution in [1.29, 1.82) is 0 Å². The lowest BCUT2D eigenvalue weighted by Gasteiger charge is -2.22. The molecule has 0 aromatic heterocycles. The van der Waals surface area contributed by atoms with Gasteiger partial charge >= 0.3 is 11.9 Å². The SMILES string of the molecule is C=CC(=O)OC(CCCCC)COc1cc(OC)c(OCC(CCCCC)OC(=O)C=C)c2ccccc12. The predicted molar refractivity (Wildman–Crippen MR) is 150 cm³/mol. The van der Waals surface area contributed by atoms with Gasteiger partial charge < -0.3 is 23.7 Å². The van der Waals surface area contributed by atoms with Crippen LogP contribution in [0.3, 0.4) is 0 Å². The highest BCUT2D eigenvalue weighted by atomic mass is 16.6. The molecule has 38 heavy (non-hydrogen) atoms. The van der Waals surface area contributed by atoms with Gasteiger partial charge in [-0.3, -0.25) is 0 Å². The third kappa shape index (κ3) is 9.77. The Balaban J connectivity index is 2.27. The first kappa shape index (κ1) is 30.7. The first-order chi connectivity index (χ1) is 18.5. The lowest BCUT2D eigenvalue weighted by Crippen LogP contribution is -2.25. The van der Waals surface area contributed by atoms with Crippen LogP contribution in [0, 0.1) is 0 Å². The highest BCUT2D eigenvalue weighted by molar-refractivity contribution is 5.95. The molecule has 0 aliphatic heterocycles. The van der Waals surface area contributed by atoms with Gasteiger partial charge in [0.1, 0.15) is 31.2 Å². The van der Waals surface area contributed by atoms with Gasteiger partial charge in [-0.1, -0.05) is 77.0 Å². The molecule has 0 amide bonds. The largest absolute Gasteiger partial charge is 0.493 e. The van der Waals surface area contributed by atoms with Crippen LogP contribution in [0.15, 0.2) is 55.6 Å². The summed E-state index contributed by atoms with van der Waals surface area (Å²) in [5.74, 6) is 0.695. The van der Waals surface area contributed by atoms with Gasteiger partial charge in [-0.2, -0.15) is 0 Å². The summed E-state index contributed by atoms with van der Waals surface area (Å²) in [6, 6.07) is 9.47. The van der Waals surface area contributed by atoms with Crippen molar-refractivity contribution in [2.75, 3.05) is 20.3 Å². The maximum atomic E-state index is 11.9. The summed E-state index contributed by atoms with van der Waals surface area (Å²) in [5.41, 5.74) is 0. The van der Waals surface area contributed by atoms with Crippen LogP contribution in [-0.2, 0) is 19.1 Å². The molecule has 0 fully saturated rings. The van der Waals surface area contributed by atoms with Crippen molar-refractivity contribution in [1.82, 2.24) is 0 Å². The number of ether oxygens (including phenoxy) is 5. The van der Waals surface area contributed by atoms with Crippen molar-refractivity contribution in [2.24, 2.45) is 0 Å². The smallest absolute Gasteiger partial charge is 0.330 e. The summed E-state index contributed by atoms with van der Waals surface area (Å²) in [6.45, 7) is 11.6. The highest BCUT2D eigenvalue weighted by Gasteiger charge is 2.20. The molecule has 0 spiro atoms. The first-order valence-corrected chi connectivity index (χ1v) is 13.5. The molecule has 0 saturated heterocycles. The van der Waals surface area contributed by atoms with Crippen molar-refractivity contribution >= 4 is 22.7 Å². The Morgan fingerprint density at radius 2 is 1.32 bits per heavy atom. The minimum Gasteiger partial charge on any atom is -0.493 e. The lowest BCUT2D eigenvalue weighted by atomic mass is 10.1. The normalized spacial score (nSPS) is 12.3. The second-order valence-corrected chi connectivity index (χ2v) is 9.09. The first-order valence-electron chi connectivity index (χ1n) is 13.5. The quantitative estimate of drug-likeness (QED) is 0.111. The Hall–Kier alpha value is -3.48. The van der Waals surface area contributed by atoms with E-state index < -0.39 is 24.1 Å². The standard InChI is InChI=1S/C31H42O7/c1-6-10-12-16-23(37-29(32)8-3)21-35-27-20-28(34-5)31(26-19-15-14-18-25(26)27)36-22-24(17-13-11-7-2)38-30(33)9-4/h8-9,14-15,18-20,23-24H,3-4,6-7,10-13,16-17,21-22H2,1-2,5H3. The van der Waals surface area contributed by atoms with E-state index in [2.05, 4.69) is 27.0 Å². The third-order valence-corrected chi connectivity index (χ3v) is 6.14. The molecule has 0 radical (unpaired) electrons. The second kappa shape index (κ2) is 17.1. The fourth-order valence-corrected chi connectivity index (χ4v) is 4.09. The van der Waals surface area contributed by atoms with Crippen LogP contribution in [-0.4, -0.2) is 44.5 Å². The van der Waals surface area contributed by atoms with E-state index >= 15 is 0 Å². The van der Waals surface area contributed by atoms with Crippen molar-refractivity contribution in [3.8, 4) is 17.2 Å². The Morgan fingerprint density at radius 1 is 0.789 bits per heavy atom. The number of hydrogen-bond donors (Lipinski definition) is 0. The summed E-state index contributed by atoms with van der Waals surface area (Å²) in [7, 11) is 1.57. The molecule has 7 nitrogen and oxygen atoms in total. The number of benzene rings is 2. The van der Waals surface area contributed by atoms with E-state index in [1.54, 1.807) is 13.2 Å². The van der Waals surface area contributed by atoms with Crippen LogP contribution in [0.4, 0.5) is 0 Å². The van der Waals surface area contributed by atoms with Crippen LogP contribution in [0.25, 0.3) is 10.8 Å². The van der Waals surface area contributed by atoms with Crippen LogP contribution in [0.1, 0.15) is 65.2 Å². The van der Waals surface area contributed by atoms with E-state index in [0.717, 1.165) is 55.4 Å². The topological polar surface area (TPSA) is 80.3 Å². The molecule has 0 N–H and O–H groups in total. The molecule has 2 atom stereocenters. The Bertz CT molecular complexity index is 1050. The van der Waals surface area contributed by atoms with Gasteiger partial charge in [0.05, 0.1) is 7.11 Å².